The summed E-state index contributed by atoms with van der Waals surface area (Å²) in [7, 11) is 1.30. The molecule has 0 radical (unpaired) electrons. The van der Waals surface area contributed by atoms with Crippen molar-refractivity contribution >= 4 is 11.9 Å². The van der Waals surface area contributed by atoms with Crippen molar-refractivity contribution in [1.82, 2.24) is 5.32 Å². The van der Waals surface area contributed by atoms with Crippen LogP contribution in [0.15, 0.2) is 0 Å². The van der Waals surface area contributed by atoms with Crippen LogP contribution < -0.4 is 11.1 Å². The molecule has 3 N–H and O–H groups in total. The van der Waals surface area contributed by atoms with Crippen molar-refractivity contribution in [2.24, 2.45) is 17.1 Å². The summed E-state index contributed by atoms with van der Waals surface area (Å²) in [4.78, 5) is 23.8. The van der Waals surface area contributed by atoms with Gasteiger partial charge >= 0.3 is 5.97 Å². The van der Waals surface area contributed by atoms with Crippen molar-refractivity contribution in [2.45, 2.75) is 32.9 Å². The lowest BCUT2D eigenvalue weighted by Gasteiger charge is -2.29. The highest BCUT2D eigenvalue weighted by atomic mass is 16.5. The van der Waals surface area contributed by atoms with Gasteiger partial charge in [0.15, 0.2) is 0 Å². The standard InChI is InChI=1S/C12H22N2O4/c1-7(2)9(10(15)17-4)14-11(16)12(3)6-18-5-8(12)13/h7-9H,5-6,13H2,1-4H3,(H,14,16)/t8?,9-,12?/m0/s1. The number of methoxy groups -OCH3 is 1. The van der Waals surface area contributed by atoms with Crippen LogP contribution in [0.5, 0.6) is 0 Å². The molecule has 1 aliphatic heterocycles. The Morgan fingerprint density at radius 1 is 1.50 bits per heavy atom. The quantitative estimate of drug-likeness (QED) is 0.673. The van der Waals surface area contributed by atoms with E-state index in [2.05, 4.69) is 10.1 Å². The third kappa shape index (κ3) is 2.81. The molecule has 2 unspecified atom stereocenters. The number of amides is 1. The zero-order valence-corrected chi connectivity index (χ0v) is 11.4. The van der Waals surface area contributed by atoms with Gasteiger partial charge in [-0.3, -0.25) is 4.79 Å². The average molecular weight is 258 g/mol. The van der Waals surface area contributed by atoms with Crippen molar-refractivity contribution in [3.05, 3.63) is 0 Å². The predicted octanol–water partition coefficient (Wildman–Crippen LogP) is -0.336. The second-order valence-corrected chi connectivity index (χ2v) is 5.26. The van der Waals surface area contributed by atoms with Gasteiger partial charge in [0.05, 0.1) is 25.7 Å². The molecule has 6 nitrogen and oxygen atoms in total. The first kappa shape index (κ1) is 14.9. The molecule has 0 aromatic heterocycles. The van der Waals surface area contributed by atoms with Gasteiger partial charge < -0.3 is 20.5 Å². The lowest BCUT2D eigenvalue weighted by atomic mass is 9.84. The van der Waals surface area contributed by atoms with E-state index in [1.54, 1.807) is 6.92 Å². The van der Waals surface area contributed by atoms with E-state index in [0.717, 1.165) is 0 Å². The van der Waals surface area contributed by atoms with Crippen molar-refractivity contribution in [2.75, 3.05) is 20.3 Å². The summed E-state index contributed by atoms with van der Waals surface area (Å²) in [6, 6.07) is -1.02. The molecule has 0 bridgehead atoms. The fourth-order valence-corrected chi connectivity index (χ4v) is 1.85. The second-order valence-electron chi connectivity index (χ2n) is 5.26. The molecule has 1 rings (SSSR count). The fourth-order valence-electron chi connectivity index (χ4n) is 1.85. The number of carbonyl (C=O) groups is 2. The maximum atomic E-state index is 12.2. The van der Waals surface area contributed by atoms with E-state index in [1.807, 2.05) is 13.8 Å². The van der Waals surface area contributed by atoms with Gasteiger partial charge in [-0.1, -0.05) is 13.8 Å². The summed E-state index contributed by atoms with van der Waals surface area (Å²) in [6.45, 7) is 6.06. The molecule has 1 heterocycles. The van der Waals surface area contributed by atoms with Crippen molar-refractivity contribution in [3.8, 4) is 0 Å². The number of nitrogens with two attached hydrogens (primary N) is 1. The molecule has 1 amide bonds. The predicted molar refractivity (Wildman–Crippen MR) is 65.7 cm³/mol. The van der Waals surface area contributed by atoms with Gasteiger partial charge in [0.2, 0.25) is 5.91 Å². The van der Waals surface area contributed by atoms with Crippen LogP contribution in [0.2, 0.25) is 0 Å². The normalized spacial score (nSPS) is 29.1. The molecular weight excluding hydrogens is 236 g/mol. The van der Waals surface area contributed by atoms with Crippen molar-refractivity contribution in [1.29, 1.82) is 0 Å². The maximum Gasteiger partial charge on any atom is 0.328 e. The molecule has 1 fully saturated rings. The van der Waals surface area contributed by atoms with Crippen LogP contribution in [0.3, 0.4) is 0 Å². The molecule has 0 aromatic rings. The number of nitrogens with one attached hydrogen (secondary N) is 1. The summed E-state index contributed by atoms with van der Waals surface area (Å²) in [6.07, 6.45) is 0. The molecule has 0 aliphatic carbocycles. The molecule has 1 aliphatic rings. The van der Waals surface area contributed by atoms with Crippen LogP contribution in [0.1, 0.15) is 20.8 Å². The van der Waals surface area contributed by atoms with Crippen LogP contribution >= 0.6 is 0 Å². The SMILES string of the molecule is COC(=O)[C@@H](NC(=O)C1(C)COCC1N)C(C)C. The number of hydrogen-bond donors (Lipinski definition) is 2. The summed E-state index contributed by atoms with van der Waals surface area (Å²) >= 11 is 0. The van der Waals surface area contributed by atoms with Gasteiger partial charge in [0.1, 0.15) is 6.04 Å². The van der Waals surface area contributed by atoms with Gasteiger partial charge in [0, 0.05) is 6.04 Å². The second kappa shape index (κ2) is 5.67. The highest BCUT2D eigenvalue weighted by Gasteiger charge is 2.45. The minimum atomic E-state index is -0.791. The largest absolute Gasteiger partial charge is 0.467 e. The molecular formula is C12H22N2O4. The Labute approximate surface area is 107 Å². The van der Waals surface area contributed by atoms with Crippen molar-refractivity contribution < 1.29 is 19.1 Å². The van der Waals surface area contributed by atoms with Crippen molar-refractivity contribution in [3.63, 3.8) is 0 Å². The summed E-state index contributed by atoms with van der Waals surface area (Å²) < 4.78 is 9.90. The van der Waals surface area contributed by atoms with Crippen LogP contribution in [-0.2, 0) is 19.1 Å². The van der Waals surface area contributed by atoms with E-state index < -0.39 is 17.4 Å². The topological polar surface area (TPSA) is 90.6 Å². The molecule has 0 aromatic carbocycles. The minimum Gasteiger partial charge on any atom is -0.467 e. The van der Waals surface area contributed by atoms with E-state index in [9.17, 15) is 9.59 Å². The smallest absolute Gasteiger partial charge is 0.328 e. The average Bonchev–Trinajstić information content (AvgIpc) is 2.66. The van der Waals surface area contributed by atoms with Crippen LogP contribution in [0, 0.1) is 11.3 Å². The van der Waals surface area contributed by atoms with Crippen LogP contribution in [0.4, 0.5) is 0 Å². The van der Waals surface area contributed by atoms with Crippen LogP contribution in [-0.4, -0.2) is 44.3 Å². The number of esters is 1. The molecule has 0 spiro atoms. The Morgan fingerprint density at radius 2 is 2.11 bits per heavy atom. The molecule has 18 heavy (non-hydrogen) atoms. The molecule has 0 saturated carbocycles. The fraction of sp³-hybridized carbons (Fsp3) is 0.833. The lowest BCUT2D eigenvalue weighted by molar-refractivity contribution is -0.148. The van der Waals surface area contributed by atoms with Crippen LogP contribution in [0.25, 0.3) is 0 Å². The number of rotatable bonds is 4. The molecule has 3 atom stereocenters. The third-order valence-electron chi connectivity index (χ3n) is 3.44. The number of carbonyl (C=O) groups excluding carboxylic acids is 2. The van der Waals surface area contributed by atoms with E-state index in [-0.39, 0.29) is 24.5 Å². The molecule has 6 heteroatoms. The Kier molecular flexibility index (Phi) is 4.70. The lowest BCUT2D eigenvalue weighted by Crippen LogP contribution is -2.55. The van der Waals surface area contributed by atoms with Gasteiger partial charge in [0.25, 0.3) is 0 Å². The first-order valence-corrected chi connectivity index (χ1v) is 6.05. The van der Waals surface area contributed by atoms with E-state index in [1.165, 1.54) is 7.11 Å². The van der Waals surface area contributed by atoms with E-state index in [0.29, 0.717) is 6.61 Å². The summed E-state index contributed by atoms with van der Waals surface area (Å²) in [5, 5.41) is 2.71. The van der Waals surface area contributed by atoms with Gasteiger partial charge in [-0.2, -0.15) is 0 Å². The zero-order valence-electron chi connectivity index (χ0n) is 11.4. The Balaban J connectivity index is 2.76. The number of ether oxygens (including phenoxy) is 2. The zero-order chi connectivity index (χ0) is 13.9. The van der Waals surface area contributed by atoms with E-state index in [4.69, 9.17) is 10.5 Å². The highest BCUT2D eigenvalue weighted by molar-refractivity contribution is 5.88. The van der Waals surface area contributed by atoms with Gasteiger partial charge in [-0.05, 0) is 12.8 Å². The van der Waals surface area contributed by atoms with Gasteiger partial charge in [-0.15, -0.1) is 0 Å². The first-order chi connectivity index (χ1) is 8.32. The maximum absolute atomic E-state index is 12.2. The third-order valence-corrected chi connectivity index (χ3v) is 3.44. The Morgan fingerprint density at radius 3 is 2.50 bits per heavy atom. The Hall–Kier alpha value is -1.14. The minimum absolute atomic E-state index is 0.0523. The molecule has 1 saturated heterocycles. The number of hydrogen-bond acceptors (Lipinski definition) is 5. The van der Waals surface area contributed by atoms with E-state index >= 15 is 0 Å². The van der Waals surface area contributed by atoms with Gasteiger partial charge in [-0.25, -0.2) is 4.79 Å². The Bertz CT molecular complexity index is 332. The first-order valence-electron chi connectivity index (χ1n) is 6.05. The molecule has 104 valence electrons. The summed E-state index contributed by atoms with van der Waals surface area (Å²) in [5.41, 5.74) is 5.08. The monoisotopic (exact) mass is 258 g/mol. The highest BCUT2D eigenvalue weighted by Crippen LogP contribution is 2.27. The summed E-state index contributed by atoms with van der Waals surface area (Å²) in [5.74, 6) is -0.769.